The quantitative estimate of drug-likeness (QED) is 0.388. The standard InChI is InChI=1S/C25H27N3O5/c29-17-16-28-15-12-21(30)23(33-18-19-8-3-1-4-9-19)22(28)25(32)27-14-7-13-26-24(31)20-10-5-2-6-11-20/h1-6,8-12,15,29H,7,13-14,16-18H2,(H,26,31)(H,27,32). The zero-order valence-electron chi connectivity index (χ0n) is 18.2. The number of hydrogen-bond acceptors (Lipinski definition) is 5. The van der Waals surface area contributed by atoms with Crippen molar-refractivity contribution in [3.8, 4) is 5.75 Å². The van der Waals surface area contributed by atoms with Crippen molar-refractivity contribution in [1.29, 1.82) is 0 Å². The predicted molar refractivity (Wildman–Crippen MR) is 124 cm³/mol. The van der Waals surface area contributed by atoms with Crippen LogP contribution in [-0.2, 0) is 13.2 Å². The van der Waals surface area contributed by atoms with E-state index in [4.69, 9.17) is 4.74 Å². The molecule has 33 heavy (non-hydrogen) atoms. The summed E-state index contributed by atoms with van der Waals surface area (Å²) in [5.74, 6) is -0.735. The molecule has 0 atom stereocenters. The maximum Gasteiger partial charge on any atom is 0.271 e. The summed E-state index contributed by atoms with van der Waals surface area (Å²) in [6.07, 6.45) is 1.96. The summed E-state index contributed by atoms with van der Waals surface area (Å²) < 4.78 is 7.23. The van der Waals surface area contributed by atoms with E-state index in [2.05, 4.69) is 10.6 Å². The molecule has 0 aliphatic rings. The molecule has 2 amide bonds. The minimum Gasteiger partial charge on any atom is -0.483 e. The van der Waals surface area contributed by atoms with Crippen molar-refractivity contribution in [3.63, 3.8) is 0 Å². The van der Waals surface area contributed by atoms with Crippen LogP contribution in [0.1, 0.15) is 32.8 Å². The number of carbonyl (C=O) groups is 2. The van der Waals surface area contributed by atoms with Crippen LogP contribution in [0.4, 0.5) is 0 Å². The van der Waals surface area contributed by atoms with Crippen molar-refractivity contribution in [2.75, 3.05) is 19.7 Å². The molecular weight excluding hydrogens is 422 g/mol. The Balaban J connectivity index is 1.62. The minimum absolute atomic E-state index is 0.0563. The third kappa shape index (κ3) is 6.78. The fraction of sp³-hybridized carbons (Fsp3) is 0.240. The van der Waals surface area contributed by atoms with E-state index in [9.17, 15) is 19.5 Å². The molecule has 1 aromatic heterocycles. The molecule has 0 bridgehead atoms. The molecule has 0 saturated heterocycles. The van der Waals surface area contributed by atoms with E-state index in [1.807, 2.05) is 36.4 Å². The van der Waals surface area contributed by atoms with Gasteiger partial charge in [0.2, 0.25) is 5.43 Å². The van der Waals surface area contributed by atoms with E-state index in [0.29, 0.717) is 18.5 Å². The Morgan fingerprint density at radius 2 is 1.52 bits per heavy atom. The lowest BCUT2D eigenvalue weighted by Crippen LogP contribution is -2.33. The Hall–Kier alpha value is -3.91. The lowest BCUT2D eigenvalue weighted by Gasteiger charge is -2.17. The van der Waals surface area contributed by atoms with Gasteiger partial charge < -0.3 is 25.0 Å². The maximum atomic E-state index is 12.9. The molecule has 8 nitrogen and oxygen atoms in total. The Bertz CT molecular complexity index is 1110. The Morgan fingerprint density at radius 1 is 0.879 bits per heavy atom. The highest BCUT2D eigenvalue weighted by molar-refractivity contribution is 5.95. The summed E-state index contributed by atoms with van der Waals surface area (Å²) in [7, 11) is 0. The molecule has 0 aliphatic carbocycles. The monoisotopic (exact) mass is 449 g/mol. The number of nitrogens with zero attached hydrogens (tertiary/aromatic N) is 1. The first-order chi connectivity index (χ1) is 16.1. The van der Waals surface area contributed by atoms with Crippen molar-refractivity contribution in [2.24, 2.45) is 0 Å². The van der Waals surface area contributed by atoms with Gasteiger partial charge in [-0.3, -0.25) is 14.4 Å². The predicted octanol–water partition coefficient (Wildman–Crippen LogP) is 1.97. The van der Waals surface area contributed by atoms with Gasteiger partial charge in [-0.15, -0.1) is 0 Å². The lowest BCUT2D eigenvalue weighted by atomic mass is 10.2. The maximum absolute atomic E-state index is 12.9. The summed E-state index contributed by atoms with van der Waals surface area (Å²) in [6, 6.07) is 19.5. The van der Waals surface area contributed by atoms with Crippen LogP contribution in [0.25, 0.3) is 0 Å². The van der Waals surface area contributed by atoms with Gasteiger partial charge in [-0.05, 0) is 24.1 Å². The fourth-order valence-corrected chi connectivity index (χ4v) is 3.22. The van der Waals surface area contributed by atoms with E-state index < -0.39 is 11.3 Å². The molecular formula is C25H27N3O5. The Morgan fingerprint density at radius 3 is 2.18 bits per heavy atom. The summed E-state index contributed by atoms with van der Waals surface area (Å²) in [6.45, 7) is 0.730. The zero-order chi connectivity index (χ0) is 23.5. The van der Waals surface area contributed by atoms with Crippen molar-refractivity contribution in [2.45, 2.75) is 19.6 Å². The van der Waals surface area contributed by atoms with Gasteiger partial charge in [0.25, 0.3) is 11.8 Å². The molecule has 3 aromatic rings. The van der Waals surface area contributed by atoms with Gasteiger partial charge in [0.15, 0.2) is 11.4 Å². The van der Waals surface area contributed by atoms with E-state index in [1.54, 1.807) is 24.3 Å². The molecule has 0 unspecified atom stereocenters. The molecule has 3 rings (SSSR count). The van der Waals surface area contributed by atoms with Gasteiger partial charge in [-0.1, -0.05) is 48.5 Å². The van der Waals surface area contributed by atoms with Crippen molar-refractivity contribution in [3.05, 3.63) is 100.0 Å². The molecule has 0 radical (unpaired) electrons. The van der Waals surface area contributed by atoms with Crippen LogP contribution in [0.5, 0.6) is 5.75 Å². The van der Waals surface area contributed by atoms with Crippen LogP contribution < -0.4 is 20.8 Å². The topological polar surface area (TPSA) is 110 Å². The number of aromatic nitrogens is 1. The number of hydrogen-bond donors (Lipinski definition) is 3. The number of rotatable bonds is 11. The lowest BCUT2D eigenvalue weighted by molar-refractivity contribution is 0.0935. The second-order valence-corrected chi connectivity index (χ2v) is 7.28. The molecule has 0 aliphatic heterocycles. The van der Waals surface area contributed by atoms with Gasteiger partial charge in [0.1, 0.15) is 6.61 Å². The van der Waals surface area contributed by atoms with Gasteiger partial charge in [0.05, 0.1) is 6.61 Å². The fourth-order valence-electron chi connectivity index (χ4n) is 3.22. The van der Waals surface area contributed by atoms with Crippen molar-refractivity contribution >= 4 is 11.8 Å². The highest BCUT2D eigenvalue weighted by atomic mass is 16.5. The Kier molecular flexibility index (Phi) is 8.79. The number of amides is 2. The first kappa shape index (κ1) is 23.7. The Labute approximate surface area is 191 Å². The number of aliphatic hydroxyl groups is 1. The van der Waals surface area contributed by atoms with Gasteiger partial charge in [0, 0.05) is 37.5 Å². The highest BCUT2D eigenvalue weighted by Gasteiger charge is 2.20. The largest absolute Gasteiger partial charge is 0.483 e. The molecule has 8 heteroatoms. The van der Waals surface area contributed by atoms with Gasteiger partial charge in [-0.25, -0.2) is 0 Å². The molecule has 0 fully saturated rings. The van der Waals surface area contributed by atoms with Crippen LogP contribution in [-0.4, -0.2) is 41.2 Å². The van der Waals surface area contributed by atoms with Crippen LogP contribution in [0.15, 0.2) is 77.7 Å². The third-order valence-electron chi connectivity index (χ3n) is 4.87. The highest BCUT2D eigenvalue weighted by Crippen LogP contribution is 2.16. The summed E-state index contributed by atoms with van der Waals surface area (Å²) in [4.78, 5) is 37.5. The molecule has 3 N–H and O–H groups in total. The molecule has 1 heterocycles. The number of ether oxygens (including phenoxy) is 1. The van der Waals surface area contributed by atoms with E-state index in [1.165, 1.54) is 16.8 Å². The van der Waals surface area contributed by atoms with Crippen molar-refractivity contribution in [1.82, 2.24) is 15.2 Å². The smallest absolute Gasteiger partial charge is 0.271 e. The average molecular weight is 450 g/mol. The van der Waals surface area contributed by atoms with Crippen LogP contribution >= 0.6 is 0 Å². The van der Waals surface area contributed by atoms with Crippen LogP contribution in [0.3, 0.4) is 0 Å². The number of carbonyl (C=O) groups excluding carboxylic acids is 2. The van der Waals surface area contributed by atoms with E-state index in [-0.39, 0.29) is 43.7 Å². The molecule has 0 spiro atoms. The van der Waals surface area contributed by atoms with Crippen LogP contribution in [0.2, 0.25) is 0 Å². The third-order valence-corrected chi connectivity index (χ3v) is 4.87. The average Bonchev–Trinajstić information content (AvgIpc) is 2.85. The molecule has 172 valence electrons. The number of benzene rings is 2. The second kappa shape index (κ2) is 12.2. The van der Waals surface area contributed by atoms with Crippen molar-refractivity contribution < 1.29 is 19.4 Å². The van der Waals surface area contributed by atoms with E-state index in [0.717, 1.165) is 5.56 Å². The normalized spacial score (nSPS) is 10.5. The first-order valence-electron chi connectivity index (χ1n) is 10.7. The summed E-state index contributed by atoms with van der Waals surface area (Å²) in [5.41, 5.74) is 1.07. The SMILES string of the molecule is O=C(NCCCNC(=O)c1c(OCc2ccccc2)c(=O)ccn1CCO)c1ccccc1. The number of nitrogens with one attached hydrogen (secondary N) is 2. The summed E-state index contributed by atoms with van der Waals surface area (Å²) >= 11 is 0. The minimum atomic E-state index is -0.487. The number of pyridine rings is 1. The second-order valence-electron chi connectivity index (χ2n) is 7.28. The zero-order valence-corrected chi connectivity index (χ0v) is 18.2. The first-order valence-corrected chi connectivity index (χ1v) is 10.7. The number of aliphatic hydroxyl groups excluding tert-OH is 1. The van der Waals surface area contributed by atoms with E-state index >= 15 is 0 Å². The van der Waals surface area contributed by atoms with Gasteiger partial charge in [-0.2, -0.15) is 0 Å². The van der Waals surface area contributed by atoms with Crippen LogP contribution in [0, 0.1) is 0 Å². The van der Waals surface area contributed by atoms with Gasteiger partial charge >= 0.3 is 0 Å². The summed E-state index contributed by atoms with van der Waals surface area (Å²) in [5, 5.41) is 14.9. The molecule has 0 saturated carbocycles. The molecule has 2 aromatic carbocycles.